The lowest BCUT2D eigenvalue weighted by Crippen LogP contribution is -2.40. The first kappa shape index (κ1) is 12.6. The van der Waals surface area contributed by atoms with E-state index in [-0.39, 0.29) is 23.7 Å². The SMILES string of the molecule is Cc1ccc(N2C(=O)[C@@H]3[C@@H]4C=C[C@H]([C@@H]5C[C@H]45)[C@H]3C2=O)c(C)c1. The number of imide groups is 1. The first-order valence-corrected chi connectivity index (χ1v) is 8.21. The highest BCUT2D eigenvalue weighted by molar-refractivity contribution is 6.23. The Labute approximate surface area is 130 Å². The predicted octanol–water partition coefficient (Wildman–Crippen LogP) is 2.86. The van der Waals surface area contributed by atoms with E-state index >= 15 is 0 Å². The van der Waals surface area contributed by atoms with Gasteiger partial charge in [0.25, 0.3) is 0 Å². The third-order valence-corrected chi connectivity index (χ3v) is 6.26. The molecule has 0 N–H and O–H groups in total. The van der Waals surface area contributed by atoms with E-state index in [2.05, 4.69) is 12.2 Å². The largest absolute Gasteiger partial charge is 0.274 e. The fourth-order valence-corrected chi connectivity index (χ4v) is 5.25. The molecule has 6 atom stereocenters. The van der Waals surface area contributed by atoms with E-state index in [0.717, 1.165) is 16.8 Å². The van der Waals surface area contributed by atoms with Crippen LogP contribution in [0.1, 0.15) is 17.5 Å². The summed E-state index contributed by atoms with van der Waals surface area (Å²) in [6.07, 6.45) is 5.65. The maximum absolute atomic E-state index is 13.0. The summed E-state index contributed by atoms with van der Waals surface area (Å²) in [5.41, 5.74) is 2.94. The number of nitrogens with zero attached hydrogens (tertiary/aromatic N) is 1. The van der Waals surface area contributed by atoms with E-state index in [1.165, 1.54) is 11.3 Å². The van der Waals surface area contributed by atoms with Gasteiger partial charge in [0.1, 0.15) is 0 Å². The van der Waals surface area contributed by atoms with Gasteiger partial charge >= 0.3 is 0 Å². The molecular formula is C19H19NO2. The molecule has 6 rings (SSSR count). The molecule has 0 unspecified atom stereocenters. The van der Waals surface area contributed by atoms with Crippen molar-refractivity contribution in [1.29, 1.82) is 0 Å². The molecule has 1 aliphatic heterocycles. The van der Waals surface area contributed by atoms with Crippen molar-refractivity contribution in [1.82, 2.24) is 0 Å². The molecule has 4 aliphatic carbocycles. The standard InChI is InChI=1S/C19H19NO2/c1-9-3-6-15(10(2)7-9)20-18(21)16-11-4-5-12(14-8-13(11)14)17(16)19(20)22/h3-7,11-14,16-17H,8H2,1-2H3/t11-,12-,13-,14+,16-,17-/m1/s1. The molecule has 2 amide bonds. The Bertz CT molecular complexity index is 714. The van der Waals surface area contributed by atoms with Crippen molar-refractivity contribution in [3.63, 3.8) is 0 Å². The molecule has 2 saturated carbocycles. The highest BCUT2D eigenvalue weighted by Crippen LogP contribution is 2.65. The van der Waals surface area contributed by atoms with Crippen LogP contribution < -0.4 is 4.90 Å². The Morgan fingerprint density at radius 2 is 1.55 bits per heavy atom. The van der Waals surface area contributed by atoms with Gasteiger partial charge in [-0.25, -0.2) is 4.90 Å². The van der Waals surface area contributed by atoms with Crippen molar-refractivity contribution >= 4 is 17.5 Å². The van der Waals surface area contributed by atoms with Crippen LogP contribution in [0.15, 0.2) is 30.4 Å². The lowest BCUT2D eigenvalue weighted by molar-refractivity contribution is -0.124. The minimum Gasteiger partial charge on any atom is -0.274 e. The highest BCUT2D eigenvalue weighted by Gasteiger charge is 2.67. The van der Waals surface area contributed by atoms with Gasteiger partial charge < -0.3 is 0 Å². The molecule has 0 aromatic heterocycles. The van der Waals surface area contributed by atoms with Crippen molar-refractivity contribution in [2.24, 2.45) is 35.5 Å². The van der Waals surface area contributed by atoms with Crippen LogP contribution in [0.2, 0.25) is 0 Å². The fourth-order valence-electron chi connectivity index (χ4n) is 5.25. The number of allylic oxidation sites excluding steroid dienone is 2. The highest BCUT2D eigenvalue weighted by atomic mass is 16.2. The number of aryl methyl sites for hydroxylation is 2. The topological polar surface area (TPSA) is 37.4 Å². The van der Waals surface area contributed by atoms with E-state index in [1.54, 1.807) is 0 Å². The van der Waals surface area contributed by atoms with Gasteiger partial charge in [0.15, 0.2) is 0 Å². The van der Waals surface area contributed by atoms with Gasteiger partial charge in [-0.05, 0) is 55.6 Å². The summed E-state index contributed by atoms with van der Waals surface area (Å²) in [4.78, 5) is 27.5. The van der Waals surface area contributed by atoms with Crippen molar-refractivity contribution < 1.29 is 9.59 Å². The maximum atomic E-state index is 13.0. The predicted molar refractivity (Wildman–Crippen MR) is 83.1 cm³/mol. The molecule has 3 heteroatoms. The molecule has 1 aromatic rings. The first-order chi connectivity index (χ1) is 10.6. The molecule has 5 aliphatic rings. The van der Waals surface area contributed by atoms with E-state index < -0.39 is 0 Å². The summed E-state index contributed by atoms with van der Waals surface area (Å²) in [7, 11) is 0. The Kier molecular flexibility index (Phi) is 2.23. The van der Waals surface area contributed by atoms with Crippen LogP contribution in [0.3, 0.4) is 0 Å². The molecule has 1 saturated heterocycles. The normalized spacial score (nSPS) is 40.9. The van der Waals surface area contributed by atoms with Crippen molar-refractivity contribution in [3.05, 3.63) is 41.5 Å². The zero-order chi connectivity index (χ0) is 15.2. The van der Waals surface area contributed by atoms with Crippen molar-refractivity contribution in [2.45, 2.75) is 20.3 Å². The average molecular weight is 293 g/mol. The molecule has 22 heavy (non-hydrogen) atoms. The lowest BCUT2D eigenvalue weighted by atomic mass is 9.63. The summed E-state index contributed by atoms with van der Waals surface area (Å²) in [5.74, 6) is 1.77. The third kappa shape index (κ3) is 1.37. The number of amides is 2. The minimum absolute atomic E-state index is 0.0339. The van der Waals surface area contributed by atoms with Crippen LogP contribution in [0.4, 0.5) is 5.69 Å². The number of anilines is 1. The molecule has 1 aromatic carbocycles. The minimum atomic E-state index is -0.105. The zero-order valence-corrected chi connectivity index (χ0v) is 12.8. The van der Waals surface area contributed by atoms with Crippen molar-refractivity contribution in [2.75, 3.05) is 4.90 Å². The molecule has 3 fully saturated rings. The Balaban J connectivity index is 1.60. The van der Waals surface area contributed by atoms with E-state index in [9.17, 15) is 9.59 Å². The summed E-state index contributed by atoms with van der Waals surface area (Å²) in [5, 5.41) is 0. The van der Waals surface area contributed by atoms with E-state index in [0.29, 0.717) is 23.7 Å². The first-order valence-electron chi connectivity index (χ1n) is 8.21. The smallest absolute Gasteiger partial charge is 0.238 e. The number of carbonyl (C=O) groups is 2. The number of hydrogen-bond acceptors (Lipinski definition) is 2. The van der Waals surface area contributed by atoms with Gasteiger partial charge in [0.05, 0.1) is 17.5 Å². The second-order valence-electron chi connectivity index (χ2n) is 7.46. The number of carbonyl (C=O) groups excluding carboxylic acids is 2. The third-order valence-electron chi connectivity index (χ3n) is 6.26. The molecule has 112 valence electrons. The molecule has 2 bridgehead atoms. The van der Waals surface area contributed by atoms with E-state index in [1.807, 2.05) is 32.0 Å². The number of benzene rings is 1. The number of rotatable bonds is 1. The van der Waals surface area contributed by atoms with Crippen LogP contribution in [0.5, 0.6) is 0 Å². The number of hydrogen-bond donors (Lipinski definition) is 0. The van der Waals surface area contributed by atoms with Gasteiger partial charge in [0.2, 0.25) is 11.8 Å². The Morgan fingerprint density at radius 3 is 2.09 bits per heavy atom. The van der Waals surface area contributed by atoms with Crippen LogP contribution >= 0.6 is 0 Å². The van der Waals surface area contributed by atoms with Crippen LogP contribution in [-0.2, 0) is 9.59 Å². The summed E-state index contributed by atoms with van der Waals surface area (Å²) in [6.45, 7) is 4.01. The lowest BCUT2D eigenvalue weighted by Gasteiger charge is -2.37. The van der Waals surface area contributed by atoms with Crippen LogP contribution in [-0.4, -0.2) is 11.8 Å². The molecule has 3 nitrogen and oxygen atoms in total. The molecule has 0 spiro atoms. The Morgan fingerprint density at radius 1 is 0.955 bits per heavy atom. The van der Waals surface area contributed by atoms with Gasteiger partial charge in [-0.1, -0.05) is 29.8 Å². The van der Waals surface area contributed by atoms with E-state index in [4.69, 9.17) is 0 Å². The van der Waals surface area contributed by atoms with Gasteiger partial charge in [-0.15, -0.1) is 0 Å². The molecule has 0 radical (unpaired) electrons. The molecule has 1 heterocycles. The van der Waals surface area contributed by atoms with Gasteiger partial charge in [-0.2, -0.15) is 0 Å². The molecular weight excluding hydrogens is 274 g/mol. The second-order valence-corrected chi connectivity index (χ2v) is 7.46. The second kappa shape index (κ2) is 3.89. The Hall–Kier alpha value is -1.90. The van der Waals surface area contributed by atoms with Gasteiger partial charge in [0, 0.05) is 0 Å². The maximum Gasteiger partial charge on any atom is 0.238 e. The fraction of sp³-hybridized carbons (Fsp3) is 0.474. The average Bonchev–Trinajstić information content (AvgIpc) is 3.26. The summed E-state index contributed by atoms with van der Waals surface area (Å²) in [6, 6.07) is 5.95. The van der Waals surface area contributed by atoms with Crippen LogP contribution in [0.25, 0.3) is 0 Å². The zero-order valence-electron chi connectivity index (χ0n) is 12.8. The monoisotopic (exact) mass is 293 g/mol. The summed E-state index contributed by atoms with van der Waals surface area (Å²) < 4.78 is 0. The summed E-state index contributed by atoms with van der Waals surface area (Å²) >= 11 is 0. The van der Waals surface area contributed by atoms with Gasteiger partial charge in [-0.3, -0.25) is 9.59 Å². The van der Waals surface area contributed by atoms with Crippen LogP contribution in [0, 0.1) is 49.4 Å². The quantitative estimate of drug-likeness (QED) is 0.590. The van der Waals surface area contributed by atoms with Crippen molar-refractivity contribution in [3.8, 4) is 0 Å².